The number of primary sulfonamides is 1. The van der Waals surface area contributed by atoms with Crippen molar-refractivity contribution in [2.75, 3.05) is 0 Å². The minimum atomic E-state index is -4.80. The van der Waals surface area contributed by atoms with Crippen LogP contribution >= 0.6 is 0 Å². The summed E-state index contributed by atoms with van der Waals surface area (Å²) in [6, 6.07) is 8.50. The van der Waals surface area contributed by atoms with Gasteiger partial charge in [-0.3, -0.25) is 0 Å². The Kier molecular flexibility index (Phi) is 4.52. The molecule has 0 saturated carbocycles. The summed E-state index contributed by atoms with van der Waals surface area (Å²) in [4.78, 5) is 3.32. The predicted octanol–water partition coefficient (Wildman–Crippen LogP) is 3.05. The molecule has 2 N–H and O–H groups in total. The normalized spacial score (nSPS) is 12.4. The summed E-state index contributed by atoms with van der Waals surface area (Å²) in [5, 5.41) is 8.49. The van der Waals surface area contributed by atoms with E-state index < -0.39 is 27.8 Å². The quantitative estimate of drug-likeness (QED) is 0.684. The molecule has 0 amide bonds. The summed E-state index contributed by atoms with van der Waals surface area (Å²) in [6.07, 6.45) is -4.80. The molecule has 27 heavy (non-hydrogen) atoms. The van der Waals surface area contributed by atoms with Crippen molar-refractivity contribution in [1.29, 1.82) is 0 Å². The first-order chi connectivity index (χ1) is 12.5. The highest BCUT2D eigenvalue weighted by Gasteiger charge is 2.37. The average molecular weight is 400 g/mol. The van der Waals surface area contributed by atoms with Crippen molar-refractivity contribution in [1.82, 2.24) is 14.8 Å². The molecule has 0 aliphatic heterocycles. The van der Waals surface area contributed by atoms with E-state index in [4.69, 9.17) is 5.14 Å². The summed E-state index contributed by atoms with van der Waals surface area (Å²) < 4.78 is 76.3. The maximum absolute atomic E-state index is 13.5. The summed E-state index contributed by atoms with van der Waals surface area (Å²) >= 11 is 0. The number of benzene rings is 2. The van der Waals surface area contributed by atoms with Crippen LogP contribution in [0.5, 0.6) is 0 Å². The van der Waals surface area contributed by atoms with E-state index in [2.05, 4.69) is 10.1 Å². The lowest BCUT2D eigenvalue weighted by Crippen LogP contribution is -2.12. The Balaban J connectivity index is 2.19. The monoisotopic (exact) mass is 400 g/mol. The van der Waals surface area contributed by atoms with E-state index in [-0.39, 0.29) is 27.5 Å². The van der Waals surface area contributed by atoms with Gasteiger partial charge >= 0.3 is 6.18 Å². The zero-order chi connectivity index (χ0) is 20.0. The van der Waals surface area contributed by atoms with Gasteiger partial charge in [-0.1, -0.05) is 0 Å². The van der Waals surface area contributed by atoms with Crippen molar-refractivity contribution in [2.24, 2.45) is 5.14 Å². The molecule has 0 radical (unpaired) electrons. The van der Waals surface area contributed by atoms with Crippen molar-refractivity contribution in [3.05, 3.63) is 59.7 Å². The second-order valence-electron chi connectivity index (χ2n) is 5.67. The van der Waals surface area contributed by atoms with Gasteiger partial charge in [0, 0.05) is 5.56 Å². The van der Waals surface area contributed by atoms with Crippen LogP contribution in [-0.2, 0) is 16.2 Å². The molecule has 0 aliphatic rings. The summed E-state index contributed by atoms with van der Waals surface area (Å²) in [5.41, 5.74) is 0.565. The predicted molar refractivity (Wildman–Crippen MR) is 87.9 cm³/mol. The first-order valence-electron chi connectivity index (χ1n) is 7.41. The third kappa shape index (κ3) is 3.83. The molecule has 11 heteroatoms. The molecule has 6 nitrogen and oxygen atoms in total. The number of aromatic nitrogens is 3. The number of aryl methyl sites for hydroxylation is 1. The Labute approximate surface area is 151 Å². The lowest BCUT2D eigenvalue weighted by Gasteiger charge is -2.08. The van der Waals surface area contributed by atoms with Crippen LogP contribution in [0.15, 0.2) is 47.4 Å². The highest BCUT2D eigenvalue weighted by atomic mass is 32.2. The van der Waals surface area contributed by atoms with Crippen LogP contribution in [0.1, 0.15) is 11.4 Å². The number of nitrogens with two attached hydrogens (primary N) is 1. The molecule has 0 saturated heterocycles. The van der Waals surface area contributed by atoms with Crippen LogP contribution in [0.4, 0.5) is 17.6 Å². The maximum Gasteiger partial charge on any atom is 0.453 e. The number of halogens is 4. The van der Waals surface area contributed by atoms with Crippen LogP contribution < -0.4 is 5.14 Å². The van der Waals surface area contributed by atoms with Gasteiger partial charge in [0.2, 0.25) is 10.0 Å². The highest BCUT2D eigenvalue weighted by molar-refractivity contribution is 7.89. The summed E-state index contributed by atoms with van der Waals surface area (Å²) in [7, 11) is -3.96. The molecule has 0 atom stereocenters. The third-order valence-corrected chi connectivity index (χ3v) is 4.62. The van der Waals surface area contributed by atoms with E-state index in [1.807, 2.05) is 0 Å². The molecule has 3 aromatic rings. The van der Waals surface area contributed by atoms with E-state index >= 15 is 0 Å². The molecular weight excluding hydrogens is 388 g/mol. The summed E-state index contributed by atoms with van der Waals surface area (Å²) in [5.74, 6) is -2.07. The standard InChI is InChI=1S/C16H12F4N4O2S/c1-9-8-10(2-7-13(9)17)14-22-15(16(18,19)20)23-24(14)11-3-5-12(6-4-11)27(21,25)26/h2-8H,1H3,(H2,21,25,26). The Hall–Kier alpha value is -2.79. The second-order valence-corrected chi connectivity index (χ2v) is 7.23. The number of hydrogen-bond donors (Lipinski definition) is 1. The topological polar surface area (TPSA) is 90.9 Å². The van der Waals surface area contributed by atoms with E-state index in [9.17, 15) is 26.0 Å². The maximum atomic E-state index is 13.5. The second kappa shape index (κ2) is 6.43. The van der Waals surface area contributed by atoms with Gasteiger partial charge in [0.05, 0.1) is 10.6 Å². The molecule has 1 heterocycles. The third-order valence-electron chi connectivity index (χ3n) is 3.69. The zero-order valence-electron chi connectivity index (χ0n) is 13.7. The van der Waals surface area contributed by atoms with Crippen molar-refractivity contribution >= 4 is 10.0 Å². The van der Waals surface area contributed by atoms with Crippen LogP contribution in [0.25, 0.3) is 17.1 Å². The Morgan fingerprint density at radius 2 is 1.70 bits per heavy atom. The fraction of sp³-hybridized carbons (Fsp3) is 0.125. The van der Waals surface area contributed by atoms with E-state index in [1.54, 1.807) is 0 Å². The fourth-order valence-corrected chi connectivity index (χ4v) is 2.88. The molecule has 2 aromatic carbocycles. The molecule has 0 fully saturated rings. The van der Waals surface area contributed by atoms with Gasteiger partial charge in [-0.05, 0) is 55.0 Å². The molecule has 0 bridgehead atoms. The van der Waals surface area contributed by atoms with Gasteiger partial charge in [0.25, 0.3) is 5.82 Å². The number of nitrogens with zero attached hydrogens (tertiary/aromatic N) is 3. The van der Waals surface area contributed by atoms with E-state index in [1.165, 1.54) is 31.2 Å². The van der Waals surface area contributed by atoms with Crippen molar-refractivity contribution < 1.29 is 26.0 Å². The van der Waals surface area contributed by atoms with Gasteiger partial charge in [0.1, 0.15) is 5.82 Å². The number of sulfonamides is 1. The lowest BCUT2D eigenvalue weighted by atomic mass is 10.1. The molecule has 0 spiro atoms. The molecule has 0 unspecified atom stereocenters. The molecule has 1 aromatic heterocycles. The molecule has 142 valence electrons. The van der Waals surface area contributed by atoms with Crippen molar-refractivity contribution in [3.63, 3.8) is 0 Å². The first kappa shape index (κ1) is 19.0. The smallest absolute Gasteiger partial charge is 0.225 e. The number of rotatable bonds is 3. The first-order valence-corrected chi connectivity index (χ1v) is 8.95. The minimum absolute atomic E-state index is 0.127. The Morgan fingerprint density at radius 1 is 1.07 bits per heavy atom. The Bertz CT molecular complexity index is 1110. The molecule has 3 rings (SSSR count). The number of hydrogen-bond acceptors (Lipinski definition) is 4. The lowest BCUT2D eigenvalue weighted by molar-refractivity contribution is -0.144. The zero-order valence-corrected chi connectivity index (χ0v) is 14.5. The number of alkyl halides is 3. The fourth-order valence-electron chi connectivity index (χ4n) is 2.36. The van der Waals surface area contributed by atoms with Gasteiger partial charge in [-0.15, -0.1) is 5.10 Å². The van der Waals surface area contributed by atoms with Crippen LogP contribution in [-0.4, -0.2) is 23.2 Å². The van der Waals surface area contributed by atoms with Gasteiger partial charge < -0.3 is 0 Å². The van der Waals surface area contributed by atoms with Crippen molar-refractivity contribution in [2.45, 2.75) is 18.0 Å². The highest BCUT2D eigenvalue weighted by Crippen LogP contribution is 2.31. The van der Waals surface area contributed by atoms with Gasteiger partial charge in [-0.2, -0.15) is 13.2 Å². The molecule has 0 aliphatic carbocycles. The SMILES string of the molecule is Cc1cc(-c2nc(C(F)(F)F)nn2-c2ccc(S(N)(=O)=O)cc2)ccc1F. The largest absolute Gasteiger partial charge is 0.453 e. The average Bonchev–Trinajstić information content (AvgIpc) is 3.02. The molecular formula is C16H12F4N4O2S. The van der Waals surface area contributed by atoms with E-state index in [0.29, 0.717) is 0 Å². The van der Waals surface area contributed by atoms with Gasteiger partial charge in [-0.25, -0.2) is 27.6 Å². The van der Waals surface area contributed by atoms with Crippen LogP contribution in [0.2, 0.25) is 0 Å². The van der Waals surface area contributed by atoms with Crippen LogP contribution in [0, 0.1) is 12.7 Å². The van der Waals surface area contributed by atoms with Crippen molar-refractivity contribution in [3.8, 4) is 17.1 Å². The van der Waals surface area contributed by atoms with Gasteiger partial charge in [0.15, 0.2) is 5.82 Å². The summed E-state index contributed by atoms with van der Waals surface area (Å²) in [6.45, 7) is 1.46. The minimum Gasteiger partial charge on any atom is -0.225 e. The Morgan fingerprint density at radius 3 is 2.22 bits per heavy atom. The van der Waals surface area contributed by atoms with E-state index in [0.717, 1.165) is 22.9 Å². The van der Waals surface area contributed by atoms with Crippen LogP contribution in [0.3, 0.4) is 0 Å².